The molecule has 5 rings (SSSR count). The van der Waals surface area contributed by atoms with Gasteiger partial charge in [-0.05, 0) is 48.2 Å². The van der Waals surface area contributed by atoms with Crippen LogP contribution >= 0.6 is 0 Å². The number of oxime groups is 1. The lowest BCUT2D eigenvalue weighted by Gasteiger charge is -2.39. The highest BCUT2D eigenvalue weighted by atomic mass is 19.2. The molecule has 10 heteroatoms. The number of aryl methyl sites for hydroxylation is 1. The molecule has 4 heterocycles. The molecule has 0 N–H and O–H groups in total. The van der Waals surface area contributed by atoms with Crippen molar-refractivity contribution in [3.8, 4) is 6.07 Å². The van der Waals surface area contributed by atoms with Crippen molar-refractivity contribution < 1.29 is 18.4 Å². The summed E-state index contributed by atoms with van der Waals surface area (Å²) in [6.45, 7) is 2.90. The topological polar surface area (TPSA) is 92.7 Å². The van der Waals surface area contributed by atoms with Crippen molar-refractivity contribution in [3.05, 3.63) is 98.7 Å². The number of pyridine rings is 2. The molecule has 3 aromatic rings. The molecular weight excluding hydrogens is 492 g/mol. The van der Waals surface area contributed by atoms with Gasteiger partial charge in [0.25, 0.3) is 5.56 Å². The predicted octanol–water partition coefficient (Wildman–Crippen LogP) is 3.76. The highest BCUT2D eigenvalue weighted by molar-refractivity contribution is 6.11. The summed E-state index contributed by atoms with van der Waals surface area (Å²) in [4.78, 5) is 24.3. The molecule has 38 heavy (non-hydrogen) atoms. The van der Waals surface area contributed by atoms with E-state index in [4.69, 9.17) is 14.8 Å². The van der Waals surface area contributed by atoms with Crippen LogP contribution < -0.4 is 5.56 Å². The molecule has 1 saturated heterocycles. The van der Waals surface area contributed by atoms with E-state index < -0.39 is 17.2 Å². The van der Waals surface area contributed by atoms with E-state index >= 15 is 0 Å². The van der Waals surface area contributed by atoms with E-state index in [0.717, 1.165) is 54.8 Å². The van der Waals surface area contributed by atoms with Crippen LogP contribution in [0.15, 0.2) is 58.7 Å². The Kier molecular flexibility index (Phi) is 7.31. The number of aromatic nitrogens is 2. The molecule has 1 aromatic carbocycles. The molecule has 8 nitrogen and oxygen atoms in total. The van der Waals surface area contributed by atoms with E-state index in [1.54, 1.807) is 29.9 Å². The first-order chi connectivity index (χ1) is 18.4. The van der Waals surface area contributed by atoms with Crippen molar-refractivity contribution in [2.24, 2.45) is 12.2 Å². The second-order valence-electron chi connectivity index (χ2n) is 9.58. The van der Waals surface area contributed by atoms with Gasteiger partial charge in [-0.2, -0.15) is 5.26 Å². The molecule has 2 aliphatic heterocycles. The van der Waals surface area contributed by atoms with E-state index in [1.165, 1.54) is 6.07 Å². The number of likely N-dealkylation sites (tertiary alicyclic amines) is 1. The van der Waals surface area contributed by atoms with Crippen molar-refractivity contribution >= 4 is 5.71 Å². The first kappa shape index (κ1) is 25.7. The maximum Gasteiger partial charge on any atom is 0.250 e. The van der Waals surface area contributed by atoms with Gasteiger partial charge in [0.2, 0.25) is 0 Å². The van der Waals surface area contributed by atoms with Gasteiger partial charge in [-0.25, -0.2) is 8.78 Å². The molecular formula is C28H27F2N5O3. The highest BCUT2D eigenvalue weighted by Gasteiger charge is 2.43. The Labute approximate surface area is 218 Å². The quantitative estimate of drug-likeness (QED) is 0.268. The fourth-order valence-corrected chi connectivity index (χ4v) is 5.01. The van der Waals surface area contributed by atoms with Gasteiger partial charge < -0.3 is 14.1 Å². The normalized spacial score (nSPS) is 16.8. The summed E-state index contributed by atoms with van der Waals surface area (Å²) in [5.41, 5.74) is 3.66. The second kappa shape index (κ2) is 10.8. The van der Waals surface area contributed by atoms with Gasteiger partial charge in [0.15, 0.2) is 11.6 Å². The summed E-state index contributed by atoms with van der Waals surface area (Å²) in [6, 6.07) is 10.8. The summed E-state index contributed by atoms with van der Waals surface area (Å²) >= 11 is 0. The van der Waals surface area contributed by atoms with Crippen LogP contribution in [-0.2, 0) is 35.4 Å². The molecule has 1 spiro atoms. The van der Waals surface area contributed by atoms with Crippen LogP contribution in [0.25, 0.3) is 0 Å². The average molecular weight is 520 g/mol. The third-order valence-corrected chi connectivity index (χ3v) is 7.10. The number of rotatable bonds is 7. The molecule has 2 aromatic heterocycles. The lowest BCUT2D eigenvalue weighted by atomic mass is 9.84. The van der Waals surface area contributed by atoms with Crippen molar-refractivity contribution in [2.45, 2.75) is 38.0 Å². The number of halogens is 2. The monoisotopic (exact) mass is 519 g/mol. The number of nitriles is 1. The van der Waals surface area contributed by atoms with E-state index in [2.05, 4.69) is 15.0 Å². The Bertz CT molecular complexity index is 1450. The van der Waals surface area contributed by atoms with Gasteiger partial charge in [-0.1, -0.05) is 11.2 Å². The van der Waals surface area contributed by atoms with Gasteiger partial charge >= 0.3 is 0 Å². The third kappa shape index (κ3) is 5.21. The van der Waals surface area contributed by atoms with E-state index in [1.807, 2.05) is 18.3 Å². The lowest BCUT2D eigenvalue weighted by Crippen LogP contribution is -2.42. The third-order valence-electron chi connectivity index (χ3n) is 7.10. The van der Waals surface area contributed by atoms with Gasteiger partial charge in [0, 0.05) is 56.3 Å². The number of ether oxygens (including phenoxy) is 1. The number of benzene rings is 1. The summed E-state index contributed by atoms with van der Waals surface area (Å²) in [6.07, 6.45) is 5.34. The lowest BCUT2D eigenvalue weighted by molar-refractivity contribution is -0.0799. The highest BCUT2D eigenvalue weighted by Crippen LogP contribution is 2.43. The predicted molar refractivity (Wildman–Crippen MR) is 135 cm³/mol. The summed E-state index contributed by atoms with van der Waals surface area (Å²) in [5, 5.41) is 12.8. The number of piperidine rings is 1. The maximum absolute atomic E-state index is 13.9. The molecule has 0 atom stereocenters. The van der Waals surface area contributed by atoms with Crippen LogP contribution in [0, 0.1) is 23.0 Å². The molecule has 0 saturated carbocycles. The molecule has 0 amide bonds. The second-order valence-corrected chi connectivity index (χ2v) is 9.58. The molecule has 2 aliphatic rings. The van der Waals surface area contributed by atoms with Crippen LogP contribution in [0.1, 0.15) is 47.2 Å². The molecule has 0 aliphatic carbocycles. The van der Waals surface area contributed by atoms with Crippen molar-refractivity contribution in [2.75, 3.05) is 19.7 Å². The van der Waals surface area contributed by atoms with Gasteiger partial charge in [-0.15, -0.1) is 0 Å². The van der Waals surface area contributed by atoms with Gasteiger partial charge in [-0.3, -0.25) is 14.7 Å². The smallest absolute Gasteiger partial charge is 0.250 e. The van der Waals surface area contributed by atoms with Crippen molar-refractivity contribution in [1.29, 1.82) is 5.26 Å². The number of nitrogens with zero attached hydrogens (tertiary/aromatic N) is 5. The zero-order valence-electron chi connectivity index (χ0n) is 21.0. The Morgan fingerprint density at radius 2 is 2.03 bits per heavy atom. The Balaban J connectivity index is 1.27. The van der Waals surface area contributed by atoms with Crippen LogP contribution in [0.5, 0.6) is 0 Å². The number of hydrogen-bond acceptors (Lipinski definition) is 7. The first-order valence-electron chi connectivity index (χ1n) is 12.4. The Morgan fingerprint density at radius 1 is 1.21 bits per heavy atom. The van der Waals surface area contributed by atoms with E-state index in [-0.39, 0.29) is 24.3 Å². The zero-order valence-corrected chi connectivity index (χ0v) is 21.0. The SMILES string of the molecule is Cn1cc2c(cc1=O)C1(CCN(Cc3ccc(/C(=N\OCCC#N)c4ccc(F)c(F)c4)nc3)CC1)OC2. The first-order valence-corrected chi connectivity index (χ1v) is 12.4. The Morgan fingerprint density at radius 3 is 2.74 bits per heavy atom. The summed E-state index contributed by atoms with van der Waals surface area (Å²) in [7, 11) is 1.75. The van der Waals surface area contributed by atoms with E-state index in [0.29, 0.717) is 24.4 Å². The van der Waals surface area contributed by atoms with Crippen molar-refractivity contribution in [1.82, 2.24) is 14.5 Å². The van der Waals surface area contributed by atoms with Crippen LogP contribution in [0.4, 0.5) is 8.78 Å². The van der Waals surface area contributed by atoms with Gasteiger partial charge in [0.1, 0.15) is 12.3 Å². The number of fused-ring (bicyclic) bond motifs is 2. The summed E-state index contributed by atoms with van der Waals surface area (Å²) in [5.74, 6) is -1.96. The average Bonchev–Trinajstić information content (AvgIpc) is 3.24. The van der Waals surface area contributed by atoms with Crippen LogP contribution in [0.3, 0.4) is 0 Å². The fourth-order valence-electron chi connectivity index (χ4n) is 5.01. The largest absolute Gasteiger partial charge is 0.394 e. The van der Waals surface area contributed by atoms with Crippen molar-refractivity contribution in [3.63, 3.8) is 0 Å². The fraction of sp³-hybridized carbons (Fsp3) is 0.357. The maximum atomic E-state index is 13.9. The Hall–Kier alpha value is -3.94. The van der Waals surface area contributed by atoms with Crippen LogP contribution in [0.2, 0.25) is 0 Å². The minimum atomic E-state index is -0.999. The van der Waals surface area contributed by atoms with Crippen LogP contribution in [-0.4, -0.2) is 39.9 Å². The molecule has 196 valence electrons. The standard InChI is InChI=1S/C28H27F2N5O3/c1-34-17-21-18-37-28(22(21)14-26(34)36)7-10-35(11-8-28)16-19-3-6-25(32-15-19)27(33-38-12-2-9-31)20-4-5-23(29)24(30)13-20/h3-6,13-15,17H,2,7-8,10-12,16,18H2,1H3/b33-27-. The molecule has 0 bridgehead atoms. The number of hydrogen-bond donors (Lipinski definition) is 0. The zero-order chi connectivity index (χ0) is 26.7. The summed E-state index contributed by atoms with van der Waals surface area (Å²) < 4.78 is 35.2. The molecule has 1 fully saturated rings. The molecule has 0 radical (unpaired) electrons. The molecule has 0 unspecified atom stereocenters. The van der Waals surface area contributed by atoms with Gasteiger partial charge in [0.05, 0.1) is 30.4 Å². The minimum absolute atomic E-state index is 0.0241. The van der Waals surface area contributed by atoms with E-state index in [9.17, 15) is 13.6 Å². The minimum Gasteiger partial charge on any atom is -0.394 e.